The molecular formula is C16H22N2O2. The second-order valence-corrected chi connectivity index (χ2v) is 6.86. The zero-order valence-electron chi connectivity index (χ0n) is 12.4. The number of carbonyl (C=O) groups excluding carboxylic acids is 1. The predicted molar refractivity (Wildman–Crippen MR) is 76.8 cm³/mol. The number of aromatic nitrogens is 1. The van der Waals surface area contributed by atoms with Crippen LogP contribution in [0.5, 0.6) is 0 Å². The van der Waals surface area contributed by atoms with Gasteiger partial charge in [0.1, 0.15) is 5.60 Å². The molecule has 0 spiro atoms. The summed E-state index contributed by atoms with van der Waals surface area (Å²) in [6.45, 7) is 7.19. The number of rotatable bonds is 2. The van der Waals surface area contributed by atoms with Crippen molar-refractivity contribution in [1.29, 1.82) is 0 Å². The molecular weight excluding hydrogens is 252 g/mol. The summed E-state index contributed by atoms with van der Waals surface area (Å²) in [5.74, 6) is 1.15. The molecule has 2 fully saturated rings. The number of pyridine rings is 1. The molecule has 4 nitrogen and oxygen atoms in total. The molecule has 1 aromatic heterocycles. The van der Waals surface area contributed by atoms with Crippen LogP contribution in [0, 0.1) is 0 Å². The van der Waals surface area contributed by atoms with Gasteiger partial charge in [0.2, 0.25) is 0 Å². The first-order valence-corrected chi connectivity index (χ1v) is 7.36. The van der Waals surface area contributed by atoms with Gasteiger partial charge in [0.05, 0.1) is 0 Å². The average molecular weight is 274 g/mol. The highest BCUT2D eigenvalue weighted by Gasteiger charge is 2.37. The number of ether oxygens (including phenoxy) is 1. The molecule has 0 aromatic carbocycles. The first-order chi connectivity index (χ1) is 9.44. The van der Waals surface area contributed by atoms with Gasteiger partial charge < -0.3 is 9.64 Å². The van der Waals surface area contributed by atoms with Crippen LogP contribution in [0.4, 0.5) is 4.79 Å². The molecule has 1 aromatic rings. The van der Waals surface area contributed by atoms with Crippen LogP contribution in [0.1, 0.15) is 56.6 Å². The smallest absolute Gasteiger partial charge is 0.410 e. The van der Waals surface area contributed by atoms with Crippen molar-refractivity contribution < 1.29 is 9.53 Å². The quantitative estimate of drug-likeness (QED) is 0.831. The van der Waals surface area contributed by atoms with E-state index in [-0.39, 0.29) is 6.09 Å². The molecule has 1 aliphatic heterocycles. The summed E-state index contributed by atoms with van der Waals surface area (Å²) in [7, 11) is 0. The number of nitrogens with zero attached hydrogens (tertiary/aromatic N) is 2. The van der Waals surface area contributed by atoms with E-state index in [1.54, 1.807) is 4.90 Å². The van der Waals surface area contributed by atoms with Crippen molar-refractivity contribution in [3.63, 3.8) is 0 Å². The van der Waals surface area contributed by atoms with Crippen molar-refractivity contribution in [2.75, 3.05) is 13.1 Å². The highest BCUT2D eigenvalue weighted by molar-refractivity contribution is 5.69. The maximum Gasteiger partial charge on any atom is 0.410 e. The van der Waals surface area contributed by atoms with Gasteiger partial charge in [-0.05, 0) is 56.7 Å². The lowest BCUT2D eigenvalue weighted by molar-refractivity contribution is 0.00810. The second kappa shape index (κ2) is 4.76. The largest absolute Gasteiger partial charge is 0.444 e. The van der Waals surface area contributed by atoms with Crippen molar-refractivity contribution >= 4 is 6.09 Å². The molecule has 20 heavy (non-hydrogen) atoms. The van der Waals surface area contributed by atoms with Crippen LogP contribution in [0.2, 0.25) is 0 Å². The topological polar surface area (TPSA) is 42.4 Å². The summed E-state index contributed by atoms with van der Waals surface area (Å²) in [6, 6.07) is 2.14. The Balaban J connectivity index is 1.62. The van der Waals surface area contributed by atoms with Crippen molar-refractivity contribution in [2.24, 2.45) is 0 Å². The molecule has 1 saturated carbocycles. The molecule has 1 saturated heterocycles. The highest BCUT2D eigenvalue weighted by atomic mass is 16.6. The number of amides is 1. The summed E-state index contributed by atoms with van der Waals surface area (Å²) in [5, 5.41) is 0. The molecule has 1 aliphatic carbocycles. The SMILES string of the molecule is CC(C)(C)OC(=O)N1CC(c2cnccc2C2CC2)C1. The van der Waals surface area contributed by atoms with Gasteiger partial charge >= 0.3 is 6.09 Å². The third-order valence-electron chi connectivity index (χ3n) is 3.88. The molecule has 1 amide bonds. The van der Waals surface area contributed by atoms with E-state index in [4.69, 9.17) is 4.74 Å². The molecule has 0 unspecified atom stereocenters. The fourth-order valence-corrected chi connectivity index (χ4v) is 2.68. The van der Waals surface area contributed by atoms with E-state index in [9.17, 15) is 4.79 Å². The van der Waals surface area contributed by atoms with Gasteiger partial charge in [0.15, 0.2) is 0 Å². The van der Waals surface area contributed by atoms with Gasteiger partial charge in [-0.25, -0.2) is 4.79 Å². The fourth-order valence-electron chi connectivity index (χ4n) is 2.68. The van der Waals surface area contributed by atoms with E-state index in [2.05, 4.69) is 11.1 Å². The van der Waals surface area contributed by atoms with Crippen molar-refractivity contribution in [3.8, 4) is 0 Å². The van der Waals surface area contributed by atoms with Crippen LogP contribution in [0.15, 0.2) is 18.5 Å². The molecule has 2 heterocycles. The number of hydrogen-bond donors (Lipinski definition) is 0. The minimum Gasteiger partial charge on any atom is -0.444 e. The number of hydrogen-bond acceptors (Lipinski definition) is 3. The summed E-state index contributed by atoms with van der Waals surface area (Å²) in [6.07, 6.45) is 6.23. The van der Waals surface area contributed by atoms with Gasteiger partial charge in [-0.15, -0.1) is 0 Å². The maximum atomic E-state index is 11.9. The third-order valence-corrected chi connectivity index (χ3v) is 3.88. The first-order valence-electron chi connectivity index (χ1n) is 7.36. The van der Waals surface area contributed by atoms with E-state index in [0.717, 1.165) is 19.0 Å². The normalized spacial score (nSPS) is 19.6. The molecule has 2 aliphatic rings. The van der Waals surface area contributed by atoms with E-state index in [0.29, 0.717) is 5.92 Å². The lowest BCUT2D eigenvalue weighted by Gasteiger charge is -2.40. The van der Waals surface area contributed by atoms with Crippen LogP contribution < -0.4 is 0 Å². The number of likely N-dealkylation sites (tertiary alicyclic amines) is 1. The highest BCUT2D eigenvalue weighted by Crippen LogP contribution is 2.44. The maximum absolute atomic E-state index is 11.9. The summed E-state index contributed by atoms with van der Waals surface area (Å²) < 4.78 is 5.39. The van der Waals surface area contributed by atoms with E-state index in [1.165, 1.54) is 24.0 Å². The van der Waals surface area contributed by atoms with Crippen LogP contribution in [0.3, 0.4) is 0 Å². The Bertz CT molecular complexity index is 511. The van der Waals surface area contributed by atoms with Crippen molar-refractivity contribution in [1.82, 2.24) is 9.88 Å². The van der Waals surface area contributed by atoms with Crippen LogP contribution >= 0.6 is 0 Å². The standard InChI is InChI=1S/C16H22N2O2/c1-16(2,3)20-15(19)18-9-12(10-18)14-8-17-7-6-13(14)11-4-5-11/h6-8,11-12H,4-5,9-10H2,1-3H3. The Labute approximate surface area is 120 Å². The lowest BCUT2D eigenvalue weighted by Crippen LogP contribution is -2.50. The molecule has 4 heteroatoms. The third kappa shape index (κ3) is 2.79. The average Bonchev–Trinajstić information content (AvgIpc) is 3.09. The Hall–Kier alpha value is -1.58. The molecule has 3 rings (SSSR count). The van der Waals surface area contributed by atoms with Gasteiger partial charge in [-0.1, -0.05) is 0 Å². The molecule has 0 N–H and O–H groups in total. The zero-order valence-corrected chi connectivity index (χ0v) is 12.4. The summed E-state index contributed by atoms with van der Waals surface area (Å²) in [4.78, 5) is 18.0. The van der Waals surface area contributed by atoms with Gasteiger partial charge in [0.25, 0.3) is 0 Å². The van der Waals surface area contributed by atoms with E-state index in [1.807, 2.05) is 33.2 Å². The van der Waals surface area contributed by atoms with E-state index >= 15 is 0 Å². The molecule has 108 valence electrons. The Morgan fingerprint density at radius 1 is 1.25 bits per heavy atom. The van der Waals surface area contributed by atoms with Gasteiger partial charge in [-0.3, -0.25) is 4.98 Å². The fraction of sp³-hybridized carbons (Fsp3) is 0.625. The van der Waals surface area contributed by atoms with Crippen molar-refractivity contribution in [2.45, 2.75) is 51.0 Å². The Kier molecular flexibility index (Phi) is 3.19. The van der Waals surface area contributed by atoms with Crippen LogP contribution in [-0.4, -0.2) is 34.7 Å². The zero-order chi connectivity index (χ0) is 14.3. The van der Waals surface area contributed by atoms with Gasteiger partial charge in [0, 0.05) is 31.4 Å². The lowest BCUT2D eigenvalue weighted by atomic mass is 9.88. The van der Waals surface area contributed by atoms with Gasteiger partial charge in [-0.2, -0.15) is 0 Å². The monoisotopic (exact) mass is 274 g/mol. The minimum atomic E-state index is -0.421. The van der Waals surface area contributed by atoms with Crippen molar-refractivity contribution in [3.05, 3.63) is 29.6 Å². The van der Waals surface area contributed by atoms with Crippen LogP contribution in [-0.2, 0) is 4.74 Å². The Morgan fingerprint density at radius 3 is 2.55 bits per heavy atom. The summed E-state index contributed by atoms with van der Waals surface area (Å²) >= 11 is 0. The van der Waals surface area contributed by atoms with E-state index < -0.39 is 5.60 Å². The second-order valence-electron chi connectivity index (χ2n) is 6.86. The number of carbonyl (C=O) groups is 1. The summed E-state index contributed by atoms with van der Waals surface area (Å²) in [5.41, 5.74) is 2.35. The Morgan fingerprint density at radius 2 is 1.95 bits per heavy atom. The molecule has 0 atom stereocenters. The molecule has 0 radical (unpaired) electrons. The first kappa shape index (κ1) is 13.4. The van der Waals surface area contributed by atoms with Crippen LogP contribution in [0.25, 0.3) is 0 Å². The predicted octanol–water partition coefficient (Wildman–Crippen LogP) is 3.29. The molecule has 0 bridgehead atoms. The minimum absolute atomic E-state index is 0.203.